The zero-order chi connectivity index (χ0) is 20.6. The number of hydrogen-bond donors (Lipinski definition) is 0. The summed E-state index contributed by atoms with van der Waals surface area (Å²) in [6.07, 6.45) is 2.66. The molecule has 1 saturated heterocycles. The number of amides is 1. The Morgan fingerprint density at radius 2 is 1.86 bits per heavy atom. The average Bonchev–Trinajstić information content (AvgIpc) is 2.77. The highest BCUT2D eigenvalue weighted by Crippen LogP contribution is 2.38. The molecular formula is C21H25N3O4S. The number of carbonyl (C=O) groups is 1. The van der Waals surface area contributed by atoms with Crippen molar-refractivity contribution in [3.63, 3.8) is 0 Å². The minimum Gasteiger partial charge on any atom is -0.469 e. The molecule has 2 aliphatic heterocycles. The van der Waals surface area contributed by atoms with Crippen molar-refractivity contribution in [2.75, 3.05) is 19.6 Å². The van der Waals surface area contributed by atoms with Gasteiger partial charge in [-0.15, -0.1) is 0 Å². The monoisotopic (exact) mass is 415 g/mol. The fourth-order valence-electron chi connectivity index (χ4n) is 3.96. The average molecular weight is 416 g/mol. The summed E-state index contributed by atoms with van der Waals surface area (Å²) >= 11 is 0. The van der Waals surface area contributed by atoms with Gasteiger partial charge >= 0.3 is 0 Å². The molecule has 0 radical (unpaired) electrons. The fourth-order valence-corrected chi connectivity index (χ4v) is 5.53. The first-order chi connectivity index (χ1) is 13.8. The smallest absolute Gasteiger partial charge is 0.248 e. The second-order valence-electron chi connectivity index (χ2n) is 7.86. The predicted molar refractivity (Wildman–Crippen MR) is 108 cm³/mol. The van der Waals surface area contributed by atoms with E-state index in [1.165, 1.54) is 4.31 Å². The highest BCUT2D eigenvalue weighted by atomic mass is 32.2. The van der Waals surface area contributed by atoms with E-state index in [1.54, 1.807) is 30.2 Å². The second kappa shape index (κ2) is 7.42. The molecular weight excluding hydrogens is 390 g/mol. The zero-order valence-corrected chi connectivity index (χ0v) is 17.5. The van der Waals surface area contributed by atoms with Crippen LogP contribution in [-0.4, -0.2) is 53.7 Å². The van der Waals surface area contributed by atoms with Gasteiger partial charge in [0.1, 0.15) is 10.5 Å². The van der Waals surface area contributed by atoms with Gasteiger partial charge in [0.15, 0.2) is 0 Å². The maximum Gasteiger partial charge on any atom is 0.248 e. The molecule has 0 bridgehead atoms. The van der Waals surface area contributed by atoms with E-state index in [4.69, 9.17) is 4.74 Å². The van der Waals surface area contributed by atoms with Gasteiger partial charge in [0.2, 0.25) is 21.8 Å². The summed E-state index contributed by atoms with van der Waals surface area (Å²) in [6, 6.07) is 11.0. The molecule has 0 N–H and O–H groups in total. The van der Waals surface area contributed by atoms with Crippen LogP contribution in [0.5, 0.6) is 5.88 Å². The Labute approximate surface area is 171 Å². The molecule has 29 heavy (non-hydrogen) atoms. The van der Waals surface area contributed by atoms with Crippen molar-refractivity contribution < 1.29 is 17.9 Å². The third-order valence-electron chi connectivity index (χ3n) is 5.73. The van der Waals surface area contributed by atoms with Crippen LogP contribution >= 0.6 is 0 Å². The summed E-state index contributed by atoms with van der Waals surface area (Å²) in [6.45, 7) is 5.12. The molecule has 1 amide bonds. The third kappa shape index (κ3) is 3.86. The molecule has 2 aliphatic rings. The number of rotatable bonds is 2. The highest BCUT2D eigenvalue weighted by Gasteiger charge is 2.46. The lowest BCUT2D eigenvalue weighted by atomic mass is 9.90. The van der Waals surface area contributed by atoms with Gasteiger partial charge in [0.05, 0.1) is 6.54 Å². The Hall–Kier alpha value is -2.45. The van der Waals surface area contributed by atoms with E-state index in [0.29, 0.717) is 25.9 Å². The zero-order valence-electron chi connectivity index (χ0n) is 16.7. The van der Waals surface area contributed by atoms with Crippen LogP contribution in [0, 0.1) is 6.92 Å². The van der Waals surface area contributed by atoms with Gasteiger partial charge in [-0.3, -0.25) is 4.79 Å². The number of carbonyl (C=O) groups excluding carboxylic acids is 1. The highest BCUT2D eigenvalue weighted by molar-refractivity contribution is 7.89. The van der Waals surface area contributed by atoms with Crippen molar-refractivity contribution in [3.05, 3.63) is 53.7 Å². The van der Waals surface area contributed by atoms with Crippen LogP contribution in [0.2, 0.25) is 0 Å². The molecule has 0 aliphatic carbocycles. The van der Waals surface area contributed by atoms with E-state index in [0.717, 1.165) is 11.1 Å². The maximum absolute atomic E-state index is 13.4. The Kier molecular flexibility index (Phi) is 5.08. The number of hydrogen-bond acceptors (Lipinski definition) is 5. The van der Waals surface area contributed by atoms with Crippen molar-refractivity contribution >= 4 is 15.9 Å². The van der Waals surface area contributed by atoms with Crippen LogP contribution in [0.15, 0.2) is 47.5 Å². The first-order valence-corrected chi connectivity index (χ1v) is 11.2. The lowest BCUT2D eigenvalue weighted by molar-refractivity contribution is -0.132. The summed E-state index contributed by atoms with van der Waals surface area (Å²) in [5, 5.41) is 0. The number of sulfonamides is 1. The minimum absolute atomic E-state index is 0.0242. The first-order valence-electron chi connectivity index (χ1n) is 9.74. The molecule has 2 aromatic rings. The maximum atomic E-state index is 13.4. The molecule has 154 valence electrons. The van der Waals surface area contributed by atoms with Gasteiger partial charge in [-0.05, 0) is 24.6 Å². The number of aromatic nitrogens is 1. The Balaban J connectivity index is 1.71. The van der Waals surface area contributed by atoms with Crippen molar-refractivity contribution in [3.8, 4) is 5.88 Å². The SMILES string of the molecule is CC(=O)N1CCC2(CC1)CN(Cc1ccc(C)cc1)S(=O)(=O)c1cccnc1O2. The van der Waals surface area contributed by atoms with E-state index in [2.05, 4.69) is 4.98 Å². The molecule has 0 saturated carbocycles. The van der Waals surface area contributed by atoms with Crippen molar-refractivity contribution in [1.82, 2.24) is 14.2 Å². The second-order valence-corrected chi connectivity index (χ2v) is 9.76. The van der Waals surface area contributed by atoms with Gasteiger partial charge in [0.25, 0.3) is 0 Å². The van der Waals surface area contributed by atoms with E-state index in [1.807, 2.05) is 31.2 Å². The van der Waals surface area contributed by atoms with E-state index >= 15 is 0 Å². The van der Waals surface area contributed by atoms with Crippen LogP contribution in [0.4, 0.5) is 0 Å². The van der Waals surface area contributed by atoms with E-state index in [9.17, 15) is 13.2 Å². The lowest BCUT2D eigenvalue weighted by Gasteiger charge is -2.41. The number of piperidine rings is 1. The molecule has 0 atom stereocenters. The van der Waals surface area contributed by atoms with Crippen LogP contribution in [-0.2, 0) is 21.4 Å². The van der Waals surface area contributed by atoms with Crippen molar-refractivity contribution in [2.45, 2.75) is 43.7 Å². The number of likely N-dealkylation sites (tertiary alicyclic amines) is 1. The quantitative estimate of drug-likeness (QED) is 0.752. The van der Waals surface area contributed by atoms with Crippen LogP contribution in [0.3, 0.4) is 0 Å². The molecule has 4 rings (SSSR count). The molecule has 7 nitrogen and oxygen atoms in total. The molecule has 1 aromatic carbocycles. The number of pyridine rings is 1. The van der Waals surface area contributed by atoms with Crippen molar-refractivity contribution in [1.29, 1.82) is 0 Å². The van der Waals surface area contributed by atoms with Gasteiger partial charge < -0.3 is 9.64 Å². The standard InChI is InChI=1S/C21H25N3O4S/c1-16-5-7-18(8-6-16)14-24-15-21(9-12-23(13-10-21)17(2)25)28-20-19(29(24,26)27)4-3-11-22-20/h3-8,11H,9-10,12-15H2,1-2H3. The summed E-state index contributed by atoms with van der Waals surface area (Å²) in [7, 11) is -3.77. The number of nitrogens with zero attached hydrogens (tertiary/aromatic N) is 3. The molecule has 3 heterocycles. The van der Waals surface area contributed by atoms with E-state index in [-0.39, 0.29) is 29.8 Å². The molecule has 8 heteroatoms. The molecule has 1 spiro atoms. The number of aryl methyl sites for hydroxylation is 1. The van der Waals surface area contributed by atoms with Gasteiger partial charge in [-0.25, -0.2) is 13.4 Å². The Bertz CT molecular complexity index is 1010. The Morgan fingerprint density at radius 1 is 1.17 bits per heavy atom. The van der Waals surface area contributed by atoms with Gasteiger partial charge in [0, 0.05) is 45.6 Å². The van der Waals surface area contributed by atoms with Crippen LogP contribution in [0.1, 0.15) is 30.9 Å². The number of ether oxygens (including phenoxy) is 1. The topological polar surface area (TPSA) is 79.8 Å². The van der Waals surface area contributed by atoms with Gasteiger partial charge in [-0.1, -0.05) is 29.8 Å². The van der Waals surface area contributed by atoms with Crippen LogP contribution < -0.4 is 4.74 Å². The van der Waals surface area contributed by atoms with Crippen molar-refractivity contribution in [2.24, 2.45) is 0 Å². The first kappa shape index (κ1) is 19.8. The van der Waals surface area contributed by atoms with Crippen LogP contribution in [0.25, 0.3) is 0 Å². The van der Waals surface area contributed by atoms with E-state index < -0.39 is 15.6 Å². The minimum atomic E-state index is -3.77. The molecule has 1 aromatic heterocycles. The third-order valence-corrected chi connectivity index (χ3v) is 7.54. The normalized spacial score (nSPS) is 20.6. The fraction of sp³-hybridized carbons (Fsp3) is 0.429. The summed E-state index contributed by atoms with van der Waals surface area (Å²) in [5.74, 6) is 0.173. The Morgan fingerprint density at radius 3 is 2.52 bits per heavy atom. The number of benzene rings is 1. The molecule has 0 unspecified atom stereocenters. The summed E-state index contributed by atoms with van der Waals surface area (Å²) in [5.41, 5.74) is 1.34. The molecule has 1 fully saturated rings. The summed E-state index contributed by atoms with van der Waals surface area (Å²) in [4.78, 5) is 17.8. The largest absolute Gasteiger partial charge is 0.469 e. The number of fused-ring (bicyclic) bond motifs is 1. The predicted octanol–water partition coefficient (Wildman–Crippen LogP) is 2.35. The van der Waals surface area contributed by atoms with Gasteiger partial charge in [-0.2, -0.15) is 4.31 Å². The summed E-state index contributed by atoms with van der Waals surface area (Å²) < 4.78 is 34.6. The lowest BCUT2D eigenvalue weighted by Crippen LogP contribution is -2.54.